The van der Waals surface area contributed by atoms with Crippen molar-refractivity contribution >= 4 is 28.8 Å². The molecule has 0 atom stereocenters. The Morgan fingerprint density at radius 3 is 2.71 bits per heavy atom. The summed E-state index contributed by atoms with van der Waals surface area (Å²) in [5.74, 6) is 0. The maximum Gasteiger partial charge on any atom is 0.137 e. The van der Waals surface area contributed by atoms with Gasteiger partial charge < -0.3 is 4.40 Å². The van der Waals surface area contributed by atoms with Gasteiger partial charge in [-0.2, -0.15) is 5.26 Å². The van der Waals surface area contributed by atoms with E-state index in [1.54, 1.807) is 12.1 Å². The summed E-state index contributed by atoms with van der Waals surface area (Å²) in [6.07, 6.45) is 2.21. The molecule has 3 aromatic rings. The number of nitriles is 1. The smallest absolute Gasteiger partial charge is 0.137 e. The molecule has 0 unspecified atom stereocenters. The Morgan fingerprint density at radius 1 is 1.19 bits per heavy atom. The van der Waals surface area contributed by atoms with E-state index in [2.05, 4.69) is 11.1 Å². The molecule has 0 N–H and O–H groups in total. The number of fused-ring (bicyclic) bond motifs is 1. The summed E-state index contributed by atoms with van der Waals surface area (Å²) in [6.45, 7) is 2.01. The number of hydrogen-bond donors (Lipinski definition) is 0. The van der Waals surface area contributed by atoms with Crippen molar-refractivity contribution in [3.8, 4) is 17.3 Å². The lowest BCUT2D eigenvalue weighted by molar-refractivity contribution is 1.05. The van der Waals surface area contributed by atoms with Crippen molar-refractivity contribution in [2.24, 2.45) is 0 Å². The molecule has 0 saturated carbocycles. The summed E-state index contributed by atoms with van der Waals surface area (Å²) in [7, 11) is 0. The molecule has 21 heavy (non-hydrogen) atoms. The zero-order valence-corrected chi connectivity index (χ0v) is 12.8. The normalized spacial score (nSPS) is 10.8. The second-order valence-electron chi connectivity index (χ2n) is 4.80. The second-order valence-corrected chi connectivity index (χ2v) is 5.62. The summed E-state index contributed by atoms with van der Waals surface area (Å²) in [6, 6.07) is 11.6. The molecule has 3 rings (SSSR count). The average Bonchev–Trinajstić information content (AvgIpc) is 2.80. The Hall–Kier alpha value is -2.02. The number of halogens is 2. The van der Waals surface area contributed by atoms with Crippen LogP contribution in [0.3, 0.4) is 0 Å². The molecule has 5 heteroatoms. The second kappa shape index (κ2) is 5.40. The van der Waals surface area contributed by atoms with Gasteiger partial charge in [0.05, 0.1) is 33.9 Å². The number of aryl methyl sites for hydroxylation is 1. The summed E-state index contributed by atoms with van der Waals surface area (Å²) < 4.78 is 1.94. The third kappa shape index (κ3) is 2.49. The molecule has 0 bridgehead atoms. The first-order valence-electron chi connectivity index (χ1n) is 6.40. The fourth-order valence-corrected chi connectivity index (χ4v) is 2.61. The molecular weight excluding hydrogens is 305 g/mol. The third-order valence-corrected chi connectivity index (χ3v) is 4.06. The van der Waals surface area contributed by atoms with E-state index in [1.807, 2.05) is 35.7 Å². The fourth-order valence-electron chi connectivity index (χ4n) is 2.32. The highest BCUT2D eigenvalue weighted by Gasteiger charge is 2.14. The summed E-state index contributed by atoms with van der Waals surface area (Å²) in [5.41, 5.74) is 4.42. The van der Waals surface area contributed by atoms with Gasteiger partial charge in [0.25, 0.3) is 0 Å². The zero-order valence-electron chi connectivity index (χ0n) is 11.3. The number of imidazole rings is 1. The maximum atomic E-state index is 9.08. The summed E-state index contributed by atoms with van der Waals surface area (Å²) in [5, 5.41) is 10.1. The predicted octanol–water partition coefficient (Wildman–Crippen LogP) is 4.68. The molecule has 0 aliphatic carbocycles. The Balaban J connectivity index is 2.27. The van der Waals surface area contributed by atoms with Crippen molar-refractivity contribution in [3.05, 3.63) is 57.8 Å². The molecule has 0 fully saturated rings. The number of aromatic nitrogens is 2. The van der Waals surface area contributed by atoms with E-state index in [4.69, 9.17) is 28.5 Å². The molecule has 104 valence electrons. The van der Waals surface area contributed by atoms with Gasteiger partial charge in [-0.3, -0.25) is 0 Å². The van der Waals surface area contributed by atoms with Crippen LogP contribution in [0.2, 0.25) is 10.0 Å². The Kier molecular flexibility index (Phi) is 3.59. The number of rotatable bonds is 2. The van der Waals surface area contributed by atoms with Crippen LogP contribution in [0.1, 0.15) is 11.3 Å². The van der Waals surface area contributed by atoms with Crippen LogP contribution in [-0.2, 0) is 6.42 Å². The van der Waals surface area contributed by atoms with E-state index < -0.39 is 0 Å². The molecule has 1 aromatic carbocycles. The highest BCUT2D eigenvalue weighted by atomic mass is 35.5. The molecule has 3 nitrogen and oxygen atoms in total. The lowest BCUT2D eigenvalue weighted by Crippen LogP contribution is -1.93. The Morgan fingerprint density at radius 2 is 2.00 bits per heavy atom. The Bertz CT molecular complexity index is 875. The van der Waals surface area contributed by atoms with E-state index >= 15 is 0 Å². The fraction of sp³-hybridized carbons (Fsp3) is 0.125. The van der Waals surface area contributed by atoms with Crippen LogP contribution in [-0.4, -0.2) is 9.38 Å². The maximum absolute atomic E-state index is 9.08. The van der Waals surface area contributed by atoms with Crippen LogP contribution in [0.5, 0.6) is 0 Å². The van der Waals surface area contributed by atoms with Gasteiger partial charge >= 0.3 is 0 Å². The average molecular weight is 316 g/mol. The van der Waals surface area contributed by atoms with Crippen LogP contribution in [0, 0.1) is 18.3 Å². The standard InChI is InChI=1S/C16H11Cl2N3/c1-10-5-7-21-14(4-6-19)16(20-15(21)8-10)11-2-3-12(17)13(18)9-11/h2-3,5,7-9H,4H2,1H3. The minimum atomic E-state index is 0.278. The minimum absolute atomic E-state index is 0.278. The van der Waals surface area contributed by atoms with E-state index in [1.165, 1.54) is 0 Å². The lowest BCUT2D eigenvalue weighted by atomic mass is 10.1. The number of benzene rings is 1. The van der Waals surface area contributed by atoms with Crippen LogP contribution >= 0.6 is 23.2 Å². The van der Waals surface area contributed by atoms with E-state index in [-0.39, 0.29) is 6.42 Å². The molecule has 0 radical (unpaired) electrons. The summed E-state index contributed by atoms with van der Waals surface area (Å²) in [4.78, 5) is 4.64. The first-order valence-corrected chi connectivity index (χ1v) is 7.15. The number of hydrogen-bond acceptors (Lipinski definition) is 2. The van der Waals surface area contributed by atoms with Gasteiger partial charge in [-0.25, -0.2) is 4.98 Å². The quantitative estimate of drug-likeness (QED) is 0.688. The molecule has 0 spiro atoms. The topological polar surface area (TPSA) is 41.1 Å². The van der Waals surface area contributed by atoms with Crippen molar-refractivity contribution in [1.82, 2.24) is 9.38 Å². The van der Waals surface area contributed by atoms with E-state index in [0.717, 1.165) is 28.2 Å². The van der Waals surface area contributed by atoms with Gasteiger partial charge in [0, 0.05) is 11.8 Å². The zero-order chi connectivity index (χ0) is 15.0. The van der Waals surface area contributed by atoms with Crippen LogP contribution < -0.4 is 0 Å². The lowest BCUT2D eigenvalue weighted by Gasteiger charge is -2.03. The van der Waals surface area contributed by atoms with Gasteiger partial charge in [0.2, 0.25) is 0 Å². The molecule has 2 heterocycles. The van der Waals surface area contributed by atoms with Crippen LogP contribution in [0.4, 0.5) is 0 Å². The first kappa shape index (κ1) is 13.9. The van der Waals surface area contributed by atoms with E-state index in [9.17, 15) is 0 Å². The molecule has 2 aromatic heterocycles. The van der Waals surface area contributed by atoms with Crippen molar-refractivity contribution in [2.75, 3.05) is 0 Å². The highest BCUT2D eigenvalue weighted by molar-refractivity contribution is 6.42. The number of pyridine rings is 1. The van der Waals surface area contributed by atoms with Gasteiger partial charge in [-0.15, -0.1) is 0 Å². The molecule has 0 aliphatic rings. The molecular formula is C16H11Cl2N3. The monoisotopic (exact) mass is 315 g/mol. The van der Waals surface area contributed by atoms with Crippen molar-refractivity contribution in [1.29, 1.82) is 5.26 Å². The number of nitrogens with zero attached hydrogens (tertiary/aromatic N) is 3. The van der Waals surface area contributed by atoms with Gasteiger partial charge in [-0.05, 0) is 36.8 Å². The molecule has 0 aliphatic heterocycles. The summed E-state index contributed by atoms with van der Waals surface area (Å²) >= 11 is 12.0. The van der Waals surface area contributed by atoms with Gasteiger partial charge in [0.15, 0.2) is 0 Å². The SMILES string of the molecule is Cc1ccn2c(CC#N)c(-c3ccc(Cl)c(Cl)c3)nc2c1. The predicted molar refractivity (Wildman–Crippen MR) is 84.7 cm³/mol. The van der Waals surface area contributed by atoms with Crippen LogP contribution in [0.25, 0.3) is 16.9 Å². The highest BCUT2D eigenvalue weighted by Crippen LogP contribution is 2.30. The van der Waals surface area contributed by atoms with Crippen molar-refractivity contribution < 1.29 is 0 Å². The van der Waals surface area contributed by atoms with Gasteiger partial charge in [-0.1, -0.05) is 29.3 Å². The third-order valence-electron chi connectivity index (χ3n) is 3.32. The van der Waals surface area contributed by atoms with Crippen molar-refractivity contribution in [3.63, 3.8) is 0 Å². The first-order chi connectivity index (χ1) is 10.1. The minimum Gasteiger partial charge on any atom is -0.302 e. The van der Waals surface area contributed by atoms with Crippen molar-refractivity contribution in [2.45, 2.75) is 13.3 Å². The van der Waals surface area contributed by atoms with Crippen LogP contribution in [0.15, 0.2) is 36.5 Å². The van der Waals surface area contributed by atoms with E-state index in [0.29, 0.717) is 10.0 Å². The molecule has 0 amide bonds. The largest absolute Gasteiger partial charge is 0.302 e. The molecule has 0 saturated heterocycles. The Labute approximate surface area is 132 Å². The van der Waals surface area contributed by atoms with Gasteiger partial charge in [0.1, 0.15) is 5.65 Å².